The lowest BCUT2D eigenvalue weighted by Gasteiger charge is -2.11. The second-order valence-corrected chi connectivity index (χ2v) is 5.75. The van der Waals surface area contributed by atoms with E-state index < -0.39 is 0 Å². The minimum absolute atomic E-state index is 0.301. The molecule has 2 aromatic heterocycles. The zero-order valence-electron chi connectivity index (χ0n) is 13.9. The van der Waals surface area contributed by atoms with Crippen LogP contribution in [0, 0.1) is 12.7 Å². The van der Waals surface area contributed by atoms with Crippen LogP contribution in [0.15, 0.2) is 60.9 Å². The van der Waals surface area contributed by atoms with E-state index in [0.29, 0.717) is 28.6 Å². The fourth-order valence-electron chi connectivity index (χ4n) is 2.44. The topological polar surface area (TPSA) is 75.6 Å². The van der Waals surface area contributed by atoms with Crippen LogP contribution < -0.4 is 10.6 Å². The Labute approximate surface area is 149 Å². The van der Waals surface area contributed by atoms with Gasteiger partial charge in [-0.25, -0.2) is 14.4 Å². The molecule has 0 aliphatic rings. The summed E-state index contributed by atoms with van der Waals surface area (Å²) in [5.74, 6) is 0.584. The molecular weight excluding hydrogens is 331 g/mol. The predicted molar refractivity (Wildman–Crippen MR) is 99.3 cm³/mol. The van der Waals surface area contributed by atoms with Crippen molar-refractivity contribution < 1.29 is 4.39 Å². The molecule has 7 heteroatoms. The van der Waals surface area contributed by atoms with E-state index in [1.807, 2.05) is 31.2 Å². The number of aromatic nitrogens is 4. The highest BCUT2D eigenvalue weighted by Gasteiger charge is 2.10. The van der Waals surface area contributed by atoms with Crippen LogP contribution in [0.2, 0.25) is 0 Å². The van der Waals surface area contributed by atoms with E-state index in [-0.39, 0.29) is 5.82 Å². The summed E-state index contributed by atoms with van der Waals surface area (Å²) in [6.45, 7) is 2.02. The van der Waals surface area contributed by atoms with Crippen LogP contribution >= 0.6 is 0 Å². The van der Waals surface area contributed by atoms with E-state index in [0.717, 1.165) is 5.69 Å². The zero-order valence-corrected chi connectivity index (χ0v) is 13.9. The smallest absolute Gasteiger partial charge is 0.231 e. The molecule has 2 heterocycles. The quantitative estimate of drug-likeness (QED) is 0.572. The Morgan fingerprint density at radius 1 is 0.769 bits per heavy atom. The van der Waals surface area contributed by atoms with Crippen molar-refractivity contribution in [1.29, 1.82) is 0 Å². The van der Waals surface area contributed by atoms with Crippen molar-refractivity contribution in [2.75, 3.05) is 10.6 Å². The highest BCUT2D eigenvalue weighted by atomic mass is 19.1. The van der Waals surface area contributed by atoms with Gasteiger partial charge in [0.05, 0.1) is 0 Å². The number of nitrogens with one attached hydrogen (secondary N) is 2. The molecular formula is C19H15FN6. The molecule has 26 heavy (non-hydrogen) atoms. The van der Waals surface area contributed by atoms with Gasteiger partial charge >= 0.3 is 0 Å². The van der Waals surface area contributed by atoms with E-state index in [2.05, 4.69) is 30.6 Å². The van der Waals surface area contributed by atoms with Crippen molar-refractivity contribution >= 4 is 34.3 Å². The van der Waals surface area contributed by atoms with Crippen molar-refractivity contribution in [3.8, 4) is 0 Å². The van der Waals surface area contributed by atoms with Gasteiger partial charge < -0.3 is 10.6 Å². The van der Waals surface area contributed by atoms with Crippen LogP contribution in [0.1, 0.15) is 5.56 Å². The van der Waals surface area contributed by atoms with Gasteiger partial charge in [0.2, 0.25) is 5.95 Å². The first-order chi connectivity index (χ1) is 12.7. The monoisotopic (exact) mass is 346 g/mol. The molecule has 4 aromatic rings. The number of benzene rings is 2. The fraction of sp³-hybridized carbons (Fsp3) is 0.0526. The van der Waals surface area contributed by atoms with Crippen molar-refractivity contribution in [3.05, 3.63) is 72.3 Å². The Bertz CT molecular complexity index is 1050. The second kappa shape index (κ2) is 6.72. The van der Waals surface area contributed by atoms with E-state index in [1.54, 1.807) is 24.5 Å². The first-order valence-corrected chi connectivity index (χ1v) is 8.02. The maximum absolute atomic E-state index is 13.1. The SMILES string of the molecule is Cc1ccc(Nc2nc(Nc3ccc(F)cc3)c3nccnc3n2)cc1. The molecule has 0 radical (unpaired) electrons. The summed E-state index contributed by atoms with van der Waals surface area (Å²) in [5.41, 5.74) is 3.72. The van der Waals surface area contributed by atoms with E-state index in [9.17, 15) is 4.39 Å². The summed E-state index contributed by atoms with van der Waals surface area (Å²) in [7, 11) is 0. The van der Waals surface area contributed by atoms with Crippen molar-refractivity contribution in [1.82, 2.24) is 19.9 Å². The number of fused-ring (bicyclic) bond motifs is 1. The largest absolute Gasteiger partial charge is 0.338 e. The lowest BCUT2D eigenvalue weighted by Crippen LogP contribution is -2.04. The first-order valence-electron chi connectivity index (χ1n) is 8.02. The lowest BCUT2D eigenvalue weighted by atomic mass is 10.2. The number of hydrogen-bond donors (Lipinski definition) is 2. The Morgan fingerprint density at radius 3 is 2.19 bits per heavy atom. The van der Waals surface area contributed by atoms with Gasteiger partial charge in [0.15, 0.2) is 17.0 Å². The van der Waals surface area contributed by atoms with Gasteiger partial charge in [-0.2, -0.15) is 9.97 Å². The molecule has 0 fully saturated rings. The maximum atomic E-state index is 13.1. The third kappa shape index (κ3) is 3.41. The van der Waals surface area contributed by atoms with E-state index in [1.165, 1.54) is 17.7 Å². The number of rotatable bonds is 4. The average Bonchev–Trinajstić information content (AvgIpc) is 2.65. The van der Waals surface area contributed by atoms with Gasteiger partial charge in [0.1, 0.15) is 5.82 Å². The molecule has 0 unspecified atom stereocenters. The van der Waals surface area contributed by atoms with Crippen LogP contribution in [0.5, 0.6) is 0 Å². The Morgan fingerprint density at radius 2 is 1.42 bits per heavy atom. The number of nitrogens with zero attached hydrogens (tertiary/aromatic N) is 4. The van der Waals surface area contributed by atoms with Crippen LogP contribution in [0.25, 0.3) is 11.2 Å². The second-order valence-electron chi connectivity index (χ2n) is 5.75. The molecule has 0 bridgehead atoms. The minimum atomic E-state index is -0.301. The molecule has 128 valence electrons. The van der Waals surface area contributed by atoms with E-state index >= 15 is 0 Å². The van der Waals surface area contributed by atoms with Crippen LogP contribution in [-0.2, 0) is 0 Å². The van der Waals surface area contributed by atoms with Crippen molar-refractivity contribution in [2.45, 2.75) is 6.92 Å². The predicted octanol–water partition coefficient (Wildman–Crippen LogP) is 4.35. The third-order valence-electron chi connectivity index (χ3n) is 3.75. The summed E-state index contributed by atoms with van der Waals surface area (Å²) >= 11 is 0. The summed E-state index contributed by atoms with van der Waals surface area (Å²) in [5, 5.41) is 6.32. The molecule has 0 aliphatic carbocycles. The third-order valence-corrected chi connectivity index (χ3v) is 3.75. The molecule has 0 atom stereocenters. The number of halogens is 1. The van der Waals surface area contributed by atoms with Gasteiger partial charge in [-0.15, -0.1) is 0 Å². The molecule has 6 nitrogen and oxygen atoms in total. The fourth-order valence-corrected chi connectivity index (χ4v) is 2.44. The van der Waals surface area contributed by atoms with Gasteiger partial charge in [-0.3, -0.25) is 0 Å². The molecule has 0 saturated carbocycles. The normalized spacial score (nSPS) is 10.7. The average molecular weight is 346 g/mol. The van der Waals surface area contributed by atoms with Crippen molar-refractivity contribution in [3.63, 3.8) is 0 Å². The van der Waals surface area contributed by atoms with Gasteiger partial charge in [-0.05, 0) is 43.3 Å². The highest BCUT2D eigenvalue weighted by Crippen LogP contribution is 2.24. The molecule has 2 aromatic carbocycles. The van der Waals surface area contributed by atoms with Gasteiger partial charge in [-0.1, -0.05) is 17.7 Å². The van der Waals surface area contributed by atoms with Gasteiger partial charge in [0, 0.05) is 23.8 Å². The first kappa shape index (κ1) is 15.9. The summed E-state index contributed by atoms with van der Waals surface area (Å²) < 4.78 is 13.1. The Balaban J connectivity index is 1.72. The Kier molecular flexibility index (Phi) is 4.10. The summed E-state index contributed by atoms with van der Waals surface area (Å²) in [6.07, 6.45) is 3.15. The molecule has 4 rings (SSSR count). The highest BCUT2D eigenvalue weighted by molar-refractivity contribution is 5.85. The number of hydrogen-bond acceptors (Lipinski definition) is 6. The minimum Gasteiger partial charge on any atom is -0.338 e. The maximum Gasteiger partial charge on any atom is 0.231 e. The van der Waals surface area contributed by atoms with Crippen molar-refractivity contribution in [2.24, 2.45) is 0 Å². The zero-order chi connectivity index (χ0) is 17.9. The van der Waals surface area contributed by atoms with Crippen LogP contribution in [-0.4, -0.2) is 19.9 Å². The van der Waals surface area contributed by atoms with Crippen LogP contribution in [0.3, 0.4) is 0 Å². The Hall–Kier alpha value is -3.61. The lowest BCUT2D eigenvalue weighted by molar-refractivity contribution is 0.628. The number of anilines is 4. The standard InChI is InChI=1S/C19H15FN6/c1-12-2-6-15(7-3-12)24-19-25-17-16(21-10-11-22-17)18(26-19)23-14-8-4-13(20)5-9-14/h2-11H,1H3,(H2,22,23,24,25,26). The molecule has 0 aliphatic heterocycles. The number of aryl methyl sites for hydroxylation is 1. The molecule has 0 amide bonds. The molecule has 0 spiro atoms. The molecule has 2 N–H and O–H groups in total. The van der Waals surface area contributed by atoms with Crippen LogP contribution in [0.4, 0.5) is 27.5 Å². The summed E-state index contributed by atoms with van der Waals surface area (Å²) in [6, 6.07) is 13.9. The summed E-state index contributed by atoms with van der Waals surface area (Å²) in [4.78, 5) is 17.5. The molecule has 0 saturated heterocycles. The van der Waals surface area contributed by atoms with E-state index in [4.69, 9.17) is 0 Å². The van der Waals surface area contributed by atoms with Gasteiger partial charge in [0.25, 0.3) is 0 Å².